The molecule has 1 aromatic heterocycles. The number of methoxy groups -OCH3 is 1. The maximum Gasteiger partial charge on any atom is 0.501 e. The molecule has 1 aliphatic heterocycles. The molecule has 6 nitrogen and oxygen atoms in total. The number of alkyl halides is 3. The summed E-state index contributed by atoms with van der Waals surface area (Å²) in [5, 5.41) is 1.08. The molecule has 0 aliphatic carbocycles. The summed E-state index contributed by atoms with van der Waals surface area (Å²) >= 11 is 0. The summed E-state index contributed by atoms with van der Waals surface area (Å²) in [4.78, 5) is 16.8. The highest BCUT2D eigenvalue weighted by atomic mass is 32.2. The standard InChI is InChI=1S/C22H21F3N2O4S/c1-31-16-4-7-20-18(12-16)19(13-26-20)14-8-10-27(11-9-14)21(28)15-2-5-17(6-3-15)32(29,30)22(23,24)25/h2-7,12-14,26H,8-11H2,1H3. The van der Waals surface area contributed by atoms with Crippen LogP contribution in [0.2, 0.25) is 0 Å². The van der Waals surface area contributed by atoms with Crippen LogP contribution in [0.5, 0.6) is 5.75 Å². The zero-order valence-corrected chi connectivity index (χ0v) is 18.0. The Labute approximate surface area is 182 Å². The molecule has 1 N–H and O–H groups in total. The van der Waals surface area contributed by atoms with E-state index in [0.29, 0.717) is 13.1 Å². The minimum absolute atomic E-state index is 0.154. The molecule has 1 amide bonds. The normalized spacial score (nSPS) is 15.8. The van der Waals surface area contributed by atoms with Gasteiger partial charge in [0.2, 0.25) is 0 Å². The Hall–Kier alpha value is -3.01. The van der Waals surface area contributed by atoms with Crippen LogP contribution in [0.3, 0.4) is 0 Å². The van der Waals surface area contributed by atoms with Crippen molar-refractivity contribution in [1.82, 2.24) is 9.88 Å². The first-order chi connectivity index (χ1) is 15.1. The lowest BCUT2D eigenvalue weighted by Crippen LogP contribution is -2.37. The van der Waals surface area contributed by atoms with Crippen molar-refractivity contribution in [3.63, 3.8) is 0 Å². The quantitative estimate of drug-likeness (QED) is 0.615. The van der Waals surface area contributed by atoms with Gasteiger partial charge in [0, 0.05) is 35.8 Å². The van der Waals surface area contributed by atoms with Gasteiger partial charge in [-0.2, -0.15) is 13.2 Å². The lowest BCUT2D eigenvalue weighted by Gasteiger charge is -2.32. The van der Waals surface area contributed by atoms with Gasteiger partial charge in [-0.1, -0.05) is 0 Å². The van der Waals surface area contributed by atoms with E-state index in [2.05, 4.69) is 4.98 Å². The van der Waals surface area contributed by atoms with Crippen LogP contribution in [-0.4, -0.2) is 49.9 Å². The number of aromatic nitrogens is 1. The third-order valence-corrected chi connectivity index (χ3v) is 7.36. The Morgan fingerprint density at radius 3 is 2.34 bits per heavy atom. The molecule has 4 rings (SSSR count). The number of halogens is 3. The van der Waals surface area contributed by atoms with Crippen LogP contribution < -0.4 is 4.74 Å². The Bertz CT molecular complexity index is 1240. The summed E-state index contributed by atoms with van der Waals surface area (Å²) in [5.41, 5.74) is -3.06. The van der Waals surface area contributed by atoms with Gasteiger partial charge in [-0.15, -0.1) is 0 Å². The molecule has 1 fully saturated rings. The SMILES string of the molecule is COc1ccc2[nH]cc(C3CCN(C(=O)c4ccc(S(=O)(=O)C(F)(F)F)cc4)CC3)c2c1. The number of likely N-dealkylation sites (tertiary alicyclic amines) is 1. The van der Waals surface area contributed by atoms with E-state index in [0.717, 1.165) is 59.3 Å². The average Bonchev–Trinajstić information content (AvgIpc) is 3.21. The molecular weight excluding hydrogens is 445 g/mol. The van der Waals surface area contributed by atoms with E-state index in [1.54, 1.807) is 12.0 Å². The third kappa shape index (κ3) is 3.94. The number of carbonyl (C=O) groups excluding carboxylic acids is 1. The summed E-state index contributed by atoms with van der Waals surface area (Å²) in [7, 11) is -3.82. The lowest BCUT2D eigenvalue weighted by molar-refractivity contribution is -0.0436. The summed E-state index contributed by atoms with van der Waals surface area (Å²) in [5.74, 6) is 0.682. The van der Waals surface area contributed by atoms with E-state index >= 15 is 0 Å². The monoisotopic (exact) mass is 466 g/mol. The molecule has 0 radical (unpaired) electrons. The first-order valence-electron chi connectivity index (χ1n) is 9.97. The highest BCUT2D eigenvalue weighted by Crippen LogP contribution is 2.35. The van der Waals surface area contributed by atoms with Crippen LogP contribution in [0.25, 0.3) is 10.9 Å². The summed E-state index contributed by atoms with van der Waals surface area (Å²) in [6.45, 7) is 0.978. The number of sulfone groups is 1. The number of nitrogens with one attached hydrogen (secondary N) is 1. The van der Waals surface area contributed by atoms with Crippen molar-refractivity contribution in [2.45, 2.75) is 29.2 Å². The van der Waals surface area contributed by atoms with E-state index in [1.807, 2.05) is 24.4 Å². The van der Waals surface area contributed by atoms with Gasteiger partial charge in [0.25, 0.3) is 15.7 Å². The number of fused-ring (bicyclic) bond motifs is 1. The zero-order chi connectivity index (χ0) is 23.1. The maximum atomic E-state index is 12.8. The molecule has 3 aromatic rings. The summed E-state index contributed by atoms with van der Waals surface area (Å²) in [6.07, 6.45) is 3.44. The van der Waals surface area contributed by atoms with Crippen LogP contribution >= 0.6 is 0 Å². The third-order valence-electron chi connectivity index (χ3n) is 5.86. The lowest BCUT2D eigenvalue weighted by atomic mass is 9.89. The van der Waals surface area contributed by atoms with E-state index in [4.69, 9.17) is 4.74 Å². The number of aromatic amines is 1. The average molecular weight is 466 g/mol. The molecule has 0 unspecified atom stereocenters. The number of hydrogen-bond donors (Lipinski definition) is 1. The van der Waals surface area contributed by atoms with Crippen LogP contribution in [-0.2, 0) is 9.84 Å². The highest BCUT2D eigenvalue weighted by Gasteiger charge is 2.46. The van der Waals surface area contributed by atoms with Crippen molar-refractivity contribution >= 4 is 26.6 Å². The molecule has 0 bridgehead atoms. The number of nitrogens with zero attached hydrogens (tertiary/aromatic N) is 1. The Morgan fingerprint density at radius 2 is 1.75 bits per heavy atom. The minimum atomic E-state index is -5.44. The predicted octanol–water partition coefficient (Wildman–Crippen LogP) is 4.49. The van der Waals surface area contributed by atoms with E-state index in [9.17, 15) is 26.4 Å². The molecule has 1 aliphatic rings. The molecule has 0 atom stereocenters. The van der Waals surface area contributed by atoms with Gasteiger partial charge < -0.3 is 14.6 Å². The fraction of sp³-hybridized carbons (Fsp3) is 0.318. The largest absolute Gasteiger partial charge is 0.501 e. The van der Waals surface area contributed by atoms with E-state index < -0.39 is 20.2 Å². The molecule has 170 valence electrons. The molecule has 0 saturated carbocycles. The fourth-order valence-electron chi connectivity index (χ4n) is 4.07. The Kier molecular flexibility index (Phi) is 5.66. The Morgan fingerprint density at radius 1 is 1.09 bits per heavy atom. The first-order valence-corrected chi connectivity index (χ1v) is 11.5. The van der Waals surface area contributed by atoms with Crippen molar-refractivity contribution < 1.29 is 31.1 Å². The molecule has 2 heterocycles. The summed E-state index contributed by atoms with van der Waals surface area (Å²) < 4.78 is 66.4. The van der Waals surface area contributed by atoms with Crippen molar-refractivity contribution in [3.05, 3.63) is 59.8 Å². The number of benzene rings is 2. The molecule has 2 aromatic carbocycles. The number of amides is 1. The number of carbonyl (C=O) groups is 1. The van der Waals surface area contributed by atoms with Crippen molar-refractivity contribution in [1.29, 1.82) is 0 Å². The smallest absolute Gasteiger partial charge is 0.497 e. The molecule has 32 heavy (non-hydrogen) atoms. The van der Waals surface area contributed by atoms with Gasteiger partial charge in [-0.3, -0.25) is 4.79 Å². The van der Waals surface area contributed by atoms with Gasteiger partial charge in [0.05, 0.1) is 12.0 Å². The van der Waals surface area contributed by atoms with Crippen molar-refractivity contribution in [3.8, 4) is 5.75 Å². The molecule has 0 spiro atoms. The highest BCUT2D eigenvalue weighted by molar-refractivity contribution is 7.92. The van der Waals surface area contributed by atoms with Gasteiger partial charge in [0.1, 0.15) is 5.75 Å². The van der Waals surface area contributed by atoms with Crippen molar-refractivity contribution in [2.24, 2.45) is 0 Å². The maximum absolute atomic E-state index is 12.8. The predicted molar refractivity (Wildman–Crippen MR) is 112 cm³/mol. The van der Waals surface area contributed by atoms with Crippen LogP contribution in [0.4, 0.5) is 13.2 Å². The number of piperidine rings is 1. The zero-order valence-electron chi connectivity index (χ0n) is 17.1. The second-order valence-corrected chi connectivity index (χ2v) is 9.64. The van der Waals surface area contributed by atoms with Crippen LogP contribution in [0, 0.1) is 0 Å². The summed E-state index contributed by atoms with van der Waals surface area (Å²) in [6, 6.07) is 9.71. The number of rotatable bonds is 4. The van der Waals surface area contributed by atoms with Gasteiger partial charge in [-0.05, 0) is 66.8 Å². The van der Waals surface area contributed by atoms with Gasteiger partial charge in [0.15, 0.2) is 0 Å². The second-order valence-electron chi connectivity index (χ2n) is 7.70. The minimum Gasteiger partial charge on any atom is -0.497 e. The fourth-order valence-corrected chi connectivity index (χ4v) is 4.83. The van der Waals surface area contributed by atoms with E-state index in [1.165, 1.54) is 0 Å². The number of ether oxygens (including phenoxy) is 1. The molecule has 1 saturated heterocycles. The Balaban J connectivity index is 1.45. The second kappa shape index (κ2) is 8.16. The first kappa shape index (κ1) is 22.2. The van der Waals surface area contributed by atoms with Crippen LogP contribution in [0.1, 0.15) is 34.7 Å². The number of H-pyrrole nitrogens is 1. The number of hydrogen-bond acceptors (Lipinski definition) is 4. The van der Waals surface area contributed by atoms with Crippen LogP contribution in [0.15, 0.2) is 53.6 Å². The molecule has 10 heteroatoms. The van der Waals surface area contributed by atoms with Gasteiger partial charge >= 0.3 is 5.51 Å². The van der Waals surface area contributed by atoms with Crippen molar-refractivity contribution in [2.75, 3.05) is 20.2 Å². The topological polar surface area (TPSA) is 79.5 Å². The molecular formula is C22H21F3N2O4S. The van der Waals surface area contributed by atoms with Gasteiger partial charge in [-0.25, -0.2) is 8.42 Å². The van der Waals surface area contributed by atoms with E-state index in [-0.39, 0.29) is 17.4 Å².